The highest BCUT2D eigenvalue weighted by molar-refractivity contribution is 14.0. The van der Waals surface area contributed by atoms with Gasteiger partial charge in [-0.1, -0.05) is 19.1 Å². The molecular weight excluding hydrogens is 460 g/mol. The maximum Gasteiger partial charge on any atom is 0.193 e. The summed E-state index contributed by atoms with van der Waals surface area (Å²) in [5.41, 5.74) is 0.676. The molecule has 2 aromatic rings. The summed E-state index contributed by atoms with van der Waals surface area (Å²) in [5, 5.41) is 11.5. The molecule has 1 aromatic carbocycles. The van der Waals surface area contributed by atoms with Crippen molar-refractivity contribution in [2.24, 2.45) is 4.99 Å². The minimum atomic E-state index is -0.163. The fourth-order valence-electron chi connectivity index (χ4n) is 3.23. The van der Waals surface area contributed by atoms with Crippen LogP contribution in [0, 0.1) is 5.82 Å². The van der Waals surface area contributed by atoms with Crippen LogP contribution in [0.2, 0.25) is 0 Å². The lowest BCUT2D eigenvalue weighted by atomic mass is 10.2. The summed E-state index contributed by atoms with van der Waals surface area (Å²) in [6.07, 6.45) is 2.63. The Balaban J connectivity index is 0.00000261. The highest BCUT2D eigenvalue weighted by Crippen LogP contribution is 2.20. The van der Waals surface area contributed by atoms with E-state index in [9.17, 15) is 4.39 Å². The molecule has 0 radical (unpaired) electrons. The molecule has 148 valence electrons. The van der Waals surface area contributed by atoms with E-state index in [1.807, 2.05) is 12.1 Å². The molecule has 3 rings (SSSR count). The number of halogens is 2. The number of rotatable bonds is 5. The van der Waals surface area contributed by atoms with Crippen LogP contribution in [0.1, 0.15) is 12.7 Å². The number of aliphatic imine (C=N–C) groups is 1. The molecule has 7 nitrogen and oxygen atoms in total. The quantitative estimate of drug-likeness (QED) is 0.397. The van der Waals surface area contributed by atoms with Gasteiger partial charge in [0.1, 0.15) is 18.0 Å². The van der Waals surface area contributed by atoms with Gasteiger partial charge in [-0.15, -0.1) is 34.2 Å². The molecule has 1 saturated heterocycles. The van der Waals surface area contributed by atoms with Crippen LogP contribution >= 0.6 is 24.0 Å². The molecule has 0 unspecified atom stereocenters. The molecule has 0 spiro atoms. The fourth-order valence-corrected chi connectivity index (χ4v) is 3.23. The van der Waals surface area contributed by atoms with Crippen molar-refractivity contribution in [3.63, 3.8) is 0 Å². The van der Waals surface area contributed by atoms with E-state index in [0.717, 1.165) is 57.5 Å². The lowest BCUT2D eigenvalue weighted by Gasteiger charge is -2.37. The van der Waals surface area contributed by atoms with E-state index >= 15 is 0 Å². The zero-order valence-corrected chi connectivity index (χ0v) is 18.1. The Labute approximate surface area is 176 Å². The van der Waals surface area contributed by atoms with Gasteiger partial charge in [-0.2, -0.15) is 0 Å². The second kappa shape index (κ2) is 10.4. The largest absolute Gasteiger partial charge is 0.366 e. The Kier molecular flexibility index (Phi) is 8.26. The lowest BCUT2D eigenvalue weighted by Crippen LogP contribution is -2.53. The van der Waals surface area contributed by atoms with Gasteiger partial charge in [0, 0.05) is 52.7 Å². The van der Waals surface area contributed by atoms with Crippen LogP contribution in [0.25, 0.3) is 0 Å². The first-order valence-electron chi connectivity index (χ1n) is 9.04. The summed E-state index contributed by atoms with van der Waals surface area (Å²) < 4.78 is 16.0. The van der Waals surface area contributed by atoms with Gasteiger partial charge in [-0.25, -0.2) is 4.39 Å². The highest BCUT2D eigenvalue weighted by Gasteiger charge is 2.21. The van der Waals surface area contributed by atoms with Crippen molar-refractivity contribution in [2.75, 3.05) is 44.7 Å². The number of benzene rings is 1. The Morgan fingerprint density at radius 2 is 1.96 bits per heavy atom. The van der Waals surface area contributed by atoms with Crippen molar-refractivity contribution >= 4 is 35.6 Å². The molecule has 9 heteroatoms. The smallest absolute Gasteiger partial charge is 0.193 e. The van der Waals surface area contributed by atoms with Crippen molar-refractivity contribution < 1.29 is 4.39 Å². The van der Waals surface area contributed by atoms with Gasteiger partial charge < -0.3 is 19.7 Å². The molecule has 0 bridgehead atoms. The van der Waals surface area contributed by atoms with Crippen LogP contribution < -0.4 is 10.2 Å². The van der Waals surface area contributed by atoms with E-state index in [4.69, 9.17) is 0 Å². The van der Waals surface area contributed by atoms with Crippen LogP contribution in [0.4, 0.5) is 10.1 Å². The van der Waals surface area contributed by atoms with Crippen LogP contribution in [0.15, 0.2) is 35.6 Å². The van der Waals surface area contributed by atoms with Gasteiger partial charge in [-0.05, 0) is 12.1 Å². The third kappa shape index (κ3) is 5.30. The van der Waals surface area contributed by atoms with Crippen LogP contribution in [0.3, 0.4) is 0 Å². The average Bonchev–Trinajstić information content (AvgIpc) is 3.13. The number of hydrogen-bond acceptors (Lipinski definition) is 4. The average molecular weight is 487 g/mol. The number of anilines is 1. The van der Waals surface area contributed by atoms with Crippen LogP contribution in [0.5, 0.6) is 0 Å². The molecule has 2 heterocycles. The molecular formula is C18H27FIN7. The maximum atomic E-state index is 14.0. The van der Waals surface area contributed by atoms with E-state index < -0.39 is 0 Å². The normalized spacial score (nSPS) is 14.9. The van der Waals surface area contributed by atoms with E-state index in [1.165, 1.54) is 6.07 Å². The molecule has 0 aliphatic carbocycles. The second-order valence-corrected chi connectivity index (χ2v) is 6.19. The molecule has 0 saturated carbocycles. The number of nitrogens with zero attached hydrogens (tertiary/aromatic N) is 6. The number of nitrogens with one attached hydrogen (secondary N) is 1. The van der Waals surface area contributed by atoms with E-state index in [1.54, 1.807) is 19.4 Å². The Hall–Kier alpha value is -1.91. The zero-order chi connectivity index (χ0) is 18.4. The standard InChI is InChI=1S/C18H26FN7.HI/c1-3-17-23-22-14-26(17)9-8-21-18(20-2)25-12-10-24(11-13-25)16-7-5-4-6-15(16)19;/h4-7,14H,3,8-13H2,1-2H3,(H,20,21);1H. The first-order chi connectivity index (χ1) is 12.7. The molecule has 27 heavy (non-hydrogen) atoms. The van der Waals surface area contributed by atoms with E-state index in [0.29, 0.717) is 5.69 Å². The minimum absolute atomic E-state index is 0. The van der Waals surface area contributed by atoms with Crippen molar-refractivity contribution in [3.8, 4) is 0 Å². The molecule has 1 fully saturated rings. The Bertz CT molecular complexity index is 741. The Morgan fingerprint density at radius 3 is 2.63 bits per heavy atom. The van der Waals surface area contributed by atoms with Gasteiger partial charge >= 0.3 is 0 Å². The third-order valence-electron chi connectivity index (χ3n) is 4.63. The van der Waals surface area contributed by atoms with Gasteiger partial charge in [-0.3, -0.25) is 4.99 Å². The third-order valence-corrected chi connectivity index (χ3v) is 4.63. The van der Waals surface area contributed by atoms with Crippen molar-refractivity contribution in [3.05, 3.63) is 42.2 Å². The number of aromatic nitrogens is 3. The topological polar surface area (TPSA) is 61.6 Å². The van der Waals surface area contributed by atoms with Crippen LogP contribution in [-0.4, -0.2) is 65.4 Å². The first-order valence-corrected chi connectivity index (χ1v) is 9.04. The lowest BCUT2D eigenvalue weighted by molar-refractivity contribution is 0.370. The summed E-state index contributed by atoms with van der Waals surface area (Å²) in [5.74, 6) is 1.70. The minimum Gasteiger partial charge on any atom is -0.366 e. The maximum absolute atomic E-state index is 14.0. The molecule has 0 atom stereocenters. The second-order valence-electron chi connectivity index (χ2n) is 6.19. The van der Waals surface area contributed by atoms with E-state index in [2.05, 4.69) is 41.8 Å². The predicted octanol–water partition coefficient (Wildman–Crippen LogP) is 2.00. The van der Waals surface area contributed by atoms with Gasteiger partial charge in [0.15, 0.2) is 5.96 Å². The number of piperazine rings is 1. The van der Waals surface area contributed by atoms with Gasteiger partial charge in [0.2, 0.25) is 0 Å². The monoisotopic (exact) mass is 487 g/mol. The molecule has 1 aliphatic rings. The zero-order valence-electron chi connectivity index (χ0n) is 15.8. The summed E-state index contributed by atoms with van der Waals surface area (Å²) in [6.45, 7) is 6.78. The van der Waals surface area contributed by atoms with Crippen molar-refractivity contribution in [1.82, 2.24) is 25.0 Å². The Morgan fingerprint density at radius 1 is 1.22 bits per heavy atom. The van der Waals surface area contributed by atoms with Crippen molar-refractivity contribution in [1.29, 1.82) is 0 Å². The summed E-state index contributed by atoms with van der Waals surface area (Å²) in [6, 6.07) is 6.95. The highest BCUT2D eigenvalue weighted by atomic mass is 127. The molecule has 0 amide bonds. The number of aryl methyl sites for hydroxylation is 1. The van der Waals surface area contributed by atoms with Gasteiger partial charge in [0.25, 0.3) is 0 Å². The van der Waals surface area contributed by atoms with E-state index in [-0.39, 0.29) is 29.8 Å². The predicted molar refractivity (Wildman–Crippen MR) is 116 cm³/mol. The molecule has 1 N–H and O–H groups in total. The molecule has 1 aromatic heterocycles. The SMILES string of the molecule is CCc1nncn1CCNC(=NC)N1CCN(c2ccccc2F)CC1.I. The van der Waals surface area contributed by atoms with Crippen LogP contribution in [-0.2, 0) is 13.0 Å². The summed E-state index contributed by atoms with van der Waals surface area (Å²) in [4.78, 5) is 8.69. The first kappa shape index (κ1) is 21.4. The van der Waals surface area contributed by atoms with Crippen molar-refractivity contribution in [2.45, 2.75) is 19.9 Å². The molecule has 1 aliphatic heterocycles. The number of para-hydroxylation sites is 1. The summed E-state index contributed by atoms with van der Waals surface area (Å²) >= 11 is 0. The fraction of sp³-hybridized carbons (Fsp3) is 0.500. The number of guanidine groups is 1. The summed E-state index contributed by atoms with van der Waals surface area (Å²) in [7, 11) is 1.79. The van der Waals surface area contributed by atoms with Gasteiger partial charge in [0.05, 0.1) is 5.69 Å². The number of hydrogen-bond donors (Lipinski definition) is 1.